The minimum atomic E-state index is -0.459. The minimum Gasteiger partial charge on any atom is -0.493 e. The highest BCUT2D eigenvalue weighted by atomic mass is 16.5. The molecule has 0 atom stereocenters. The highest BCUT2D eigenvalue weighted by Gasteiger charge is 2.24. The molecule has 0 radical (unpaired) electrons. The Labute approximate surface area is 180 Å². The number of ether oxygens (including phenoxy) is 2. The van der Waals surface area contributed by atoms with Gasteiger partial charge in [-0.3, -0.25) is 9.59 Å². The topological polar surface area (TPSA) is 89.8 Å². The van der Waals surface area contributed by atoms with Gasteiger partial charge in [0, 0.05) is 23.6 Å². The van der Waals surface area contributed by atoms with Crippen molar-refractivity contribution in [3.63, 3.8) is 0 Å². The molecule has 1 fully saturated rings. The number of nitrogens with one attached hydrogen (secondary N) is 2. The number of furan rings is 1. The van der Waals surface area contributed by atoms with Crippen molar-refractivity contribution in [1.82, 2.24) is 0 Å². The summed E-state index contributed by atoms with van der Waals surface area (Å²) in [6.45, 7) is 0. The molecule has 1 heterocycles. The molecule has 3 aromatic rings. The SMILES string of the molecule is COc1ccc(NC(=O)c2oc3ccccc3c2NC(=O)CC2CCCC2)cc1OC. The van der Waals surface area contributed by atoms with Crippen LogP contribution in [0.15, 0.2) is 46.9 Å². The Morgan fingerprint density at radius 2 is 1.74 bits per heavy atom. The molecule has 162 valence electrons. The van der Waals surface area contributed by atoms with Crippen LogP contribution in [0.1, 0.15) is 42.7 Å². The van der Waals surface area contributed by atoms with E-state index in [0.717, 1.165) is 12.8 Å². The standard InChI is InChI=1S/C24H26N2O5/c1-29-19-12-11-16(14-20(19)30-2)25-24(28)23-22(17-9-5-6-10-18(17)31-23)26-21(27)13-15-7-3-4-8-15/h5-6,9-12,14-15H,3-4,7-8,13H2,1-2H3,(H,25,28)(H,26,27). The summed E-state index contributed by atoms with van der Waals surface area (Å²) in [4.78, 5) is 25.7. The zero-order valence-electron chi connectivity index (χ0n) is 17.7. The van der Waals surface area contributed by atoms with E-state index in [1.54, 1.807) is 31.4 Å². The molecule has 1 aromatic heterocycles. The van der Waals surface area contributed by atoms with Gasteiger partial charge >= 0.3 is 0 Å². The Hall–Kier alpha value is -3.48. The van der Waals surface area contributed by atoms with E-state index in [9.17, 15) is 9.59 Å². The summed E-state index contributed by atoms with van der Waals surface area (Å²) in [6, 6.07) is 12.4. The van der Waals surface area contributed by atoms with Gasteiger partial charge in [-0.1, -0.05) is 25.0 Å². The van der Waals surface area contributed by atoms with Gasteiger partial charge in [0.25, 0.3) is 5.91 Å². The highest BCUT2D eigenvalue weighted by molar-refractivity contribution is 6.14. The first kappa shape index (κ1) is 20.8. The molecule has 7 nitrogen and oxygen atoms in total. The van der Waals surface area contributed by atoms with Gasteiger partial charge in [-0.15, -0.1) is 0 Å². The first-order valence-corrected chi connectivity index (χ1v) is 10.4. The molecule has 0 saturated heterocycles. The van der Waals surface area contributed by atoms with Gasteiger partial charge in [0.15, 0.2) is 11.5 Å². The molecular weight excluding hydrogens is 396 g/mol. The summed E-state index contributed by atoms with van der Waals surface area (Å²) in [7, 11) is 3.08. The predicted molar refractivity (Wildman–Crippen MR) is 119 cm³/mol. The van der Waals surface area contributed by atoms with Crippen molar-refractivity contribution < 1.29 is 23.5 Å². The Kier molecular flexibility index (Phi) is 6.11. The number of hydrogen-bond acceptors (Lipinski definition) is 5. The van der Waals surface area contributed by atoms with Crippen molar-refractivity contribution in [2.75, 3.05) is 24.9 Å². The number of hydrogen-bond donors (Lipinski definition) is 2. The van der Waals surface area contributed by atoms with E-state index < -0.39 is 5.91 Å². The average Bonchev–Trinajstić information content (AvgIpc) is 3.41. The lowest BCUT2D eigenvalue weighted by molar-refractivity contribution is -0.117. The zero-order chi connectivity index (χ0) is 21.8. The number of amides is 2. The molecule has 2 N–H and O–H groups in total. The molecule has 1 aliphatic rings. The fraction of sp³-hybridized carbons (Fsp3) is 0.333. The Balaban J connectivity index is 1.59. The summed E-state index contributed by atoms with van der Waals surface area (Å²) >= 11 is 0. The number of carbonyl (C=O) groups excluding carboxylic acids is 2. The number of benzene rings is 2. The largest absolute Gasteiger partial charge is 0.493 e. The number of rotatable bonds is 7. The van der Waals surface area contributed by atoms with E-state index in [1.807, 2.05) is 18.2 Å². The molecule has 4 rings (SSSR count). The van der Waals surface area contributed by atoms with Crippen LogP contribution in [0, 0.1) is 5.92 Å². The van der Waals surface area contributed by atoms with Gasteiger partial charge < -0.3 is 24.5 Å². The molecule has 2 aromatic carbocycles. The van der Waals surface area contributed by atoms with Crippen LogP contribution in [-0.4, -0.2) is 26.0 Å². The quantitative estimate of drug-likeness (QED) is 0.545. The van der Waals surface area contributed by atoms with Crippen molar-refractivity contribution in [3.05, 3.63) is 48.2 Å². The smallest absolute Gasteiger partial charge is 0.293 e. The van der Waals surface area contributed by atoms with Crippen LogP contribution in [0.25, 0.3) is 11.0 Å². The van der Waals surface area contributed by atoms with Gasteiger partial charge in [0.2, 0.25) is 11.7 Å². The van der Waals surface area contributed by atoms with Crippen molar-refractivity contribution in [2.24, 2.45) is 5.92 Å². The van der Waals surface area contributed by atoms with Crippen molar-refractivity contribution in [3.8, 4) is 11.5 Å². The van der Waals surface area contributed by atoms with Crippen molar-refractivity contribution in [2.45, 2.75) is 32.1 Å². The second-order valence-electron chi connectivity index (χ2n) is 7.73. The first-order valence-electron chi connectivity index (χ1n) is 10.4. The van der Waals surface area contributed by atoms with E-state index in [0.29, 0.717) is 46.2 Å². The third-order valence-corrected chi connectivity index (χ3v) is 5.66. The summed E-state index contributed by atoms with van der Waals surface area (Å²) in [5, 5.41) is 6.44. The molecular formula is C24H26N2O5. The van der Waals surface area contributed by atoms with E-state index in [-0.39, 0.29) is 11.7 Å². The van der Waals surface area contributed by atoms with Gasteiger partial charge in [0.05, 0.1) is 14.2 Å². The lowest BCUT2D eigenvalue weighted by atomic mass is 10.0. The van der Waals surface area contributed by atoms with Gasteiger partial charge in [-0.25, -0.2) is 0 Å². The Morgan fingerprint density at radius 1 is 1.00 bits per heavy atom. The van der Waals surface area contributed by atoms with Gasteiger partial charge in [-0.05, 0) is 43.0 Å². The zero-order valence-corrected chi connectivity index (χ0v) is 17.7. The Bertz CT molecular complexity index is 1100. The van der Waals surface area contributed by atoms with Crippen LogP contribution in [0.5, 0.6) is 11.5 Å². The van der Waals surface area contributed by atoms with Crippen LogP contribution >= 0.6 is 0 Å². The van der Waals surface area contributed by atoms with Crippen molar-refractivity contribution >= 4 is 34.2 Å². The average molecular weight is 422 g/mol. The number of carbonyl (C=O) groups is 2. The molecule has 1 saturated carbocycles. The molecule has 1 aliphatic carbocycles. The highest BCUT2D eigenvalue weighted by Crippen LogP contribution is 2.34. The maximum Gasteiger partial charge on any atom is 0.293 e. The first-order chi connectivity index (χ1) is 15.1. The van der Waals surface area contributed by atoms with E-state index in [4.69, 9.17) is 13.9 Å². The minimum absolute atomic E-state index is 0.0655. The van der Waals surface area contributed by atoms with Crippen LogP contribution in [-0.2, 0) is 4.79 Å². The third kappa shape index (κ3) is 4.50. The fourth-order valence-corrected chi connectivity index (χ4v) is 4.10. The molecule has 2 amide bonds. The van der Waals surface area contributed by atoms with Gasteiger partial charge in [-0.2, -0.15) is 0 Å². The lowest BCUT2D eigenvalue weighted by Crippen LogP contribution is -2.18. The summed E-state index contributed by atoms with van der Waals surface area (Å²) in [5.74, 6) is 0.968. The predicted octanol–water partition coefficient (Wildman–Crippen LogP) is 5.22. The fourth-order valence-electron chi connectivity index (χ4n) is 4.10. The summed E-state index contributed by atoms with van der Waals surface area (Å²) in [5.41, 5.74) is 1.46. The lowest BCUT2D eigenvalue weighted by Gasteiger charge is -2.11. The molecule has 31 heavy (non-hydrogen) atoms. The maximum atomic E-state index is 13.1. The maximum absolute atomic E-state index is 13.1. The van der Waals surface area contributed by atoms with Gasteiger partial charge in [0.1, 0.15) is 11.3 Å². The van der Waals surface area contributed by atoms with E-state index in [1.165, 1.54) is 20.0 Å². The second-order valence-corrected chi connectivity index (χ2v) is 7.73. The van der Waals surface area contributed by atoms with Crippen molar-refractivity contribution in [1.29, 1.82) is 0 Å². The van der Waals surface area contributed by atoms with Crippen LogP contribution in [0.4, 0.5) is 11.4 Å². The second kappa shape index (κ2) is 9.12. The van der Waals surface area contributed by atoms with Crippen LogP contribution in [0.3, 0.4) is 0 Å². The number of methoxy groups -OCH3 is 2. The number of fused-ring (bicyclic) bond motifs is 1. The van der Waals surface area contributed by atoms with Crippen LogP contribution in [0.2, 0.25) is 0 Å². The molecule has 0 unspecified atom stereocenters. The summed E-state index contributed by atoms with van der Waals surface area (Å²) in [6.07, 6.45) is 4.95. The third-order valence-electron chi connectivity index (χ3n) is 5.66. The number of para-hydroxylation sites is 1. The summed E-state index contributed by atoms with van der Waals surface area (Å²) < 4.78 is 16.4. The van der Waals surface area contributed by atoms with Crippen LogP contribution < -0.4 is 20.1 Å². The van der Waals surface area contributed by atoms with E-state index >= 15 is 0 Å². The Morgan fingerprint density at radius 3 is 2.48 bits per heavy atom. The monoisotopic (exact) mass is 422 g/mol. The normalized spacial score (nSPS) is 13.9. The molecule has 0 spiro atoms. The molecule has 0 bridgehead atoms. The van der Waals surface area contributed by atoms with E-state index in [2.05, 4.69) is 10.6 Å². The molecule has 0 aliphatic heterocycles. The molecule has 7 heteroatoms. The number of anilines is 2.